The van der Waals surface area contributed by atoms with Gasteiger partial charge in [0, 0.05) is 29.4 Å². The lowest BCUT2D eigenvalue weighted by Crippen LogP contribution is -2.22. The molecule has 7 nitrogen and oxygen atoms in total. The van der Waals surface area contributed by atoms with Gasteiger partial charge in [0.1, 0.15) is 12.1 Å². The van der Waals surface area contributed by atoms with E-state index in [2.05, 4.69) is 15.1 Å². The molecule has 0 saturated carbocycles. The van der Waals surface area contributed by atoms with E-state index in [1.165, 1.54) is 0 Å². The van der Waals surface area contributed by atoms with E-state index in [0.717, 1.165) is 16.7 Å². The highest BCUT2D eigenvalue weighted by molar-refractivity contribution is 5.97. The fourth-order valence-corrected chi connectivity index (χ4v) is 3.79. The van der Waals surface area contributed by atoms with Gasteiger partial charge < -0.3 is 4.74 Å². The van der Waals surface area contributed by atoms with Crippen LogP contribution in [0.25, 0.3) is 17.0 Å². The van der Waals surface area contributed by atoms with E-state index in [1.807, 2.05) is 42.5 Å². The number of fused-ring (bicyclic) bond motifs is 3. The van der Waals surface area contributed by atoms with Crippen LogP contribution in [0.2, 0.25) is 0 Å². The number of benzene rings is 1. The lowest BCUT2D eigenvalue weighted by Gasteiger charge is -2.28. The number of allylic oxidation sites excluding steroid dienone is 2. The van der Waals surface area contributed by atoms with Gasteiger partial charge in [0.2, 0.25) is 5.88 Å². The molecule has 4 heterocycles. The van der Waals surface area contributed by atoms with Gasteiger partial charge in [-0.25, -0.2) is 14.5 Å². The Labute approximate surface area is 166 Å². The van der Waals surface area contributed by atoms with E-state index in [9.17, 15) is 4.79 Å². The summed E-state index contributed by atoms with van der Waals surface area (Å²) in [5, 5.41) is 4.57. The average Bonchev–Trinajstić information content (AvgIpc) is 3.18. The van der Waals surface area contributed by atoms with Crippen LogP contribution in [0.4, 0.5) is 0 Å². The maximum atomic E-state index is 12.6. The second-order valence-corrected chi connectivity index (χ2v) is 6.87. The molecule has 1 atom stereocenters. The highest BCUT2D eigenvalue weighted by atomic mass is 16.5. The van der Waals surface area contributed by atoms with Crippen molar-refractivity contribution < 1.29 is 9.53 Å². The molecule has 0 radical (unpaired) electrons. The molecule has 0 bridgehead atoms. The van der Waals surface area contributed by atoms with Crippen molar-refractivity contribution >= 4 is 11.4 Å². The fourth-order valence-electron chi connectivity index (χ4n) is 3.79. The van der Waals surface area contributed by atoms with Crippen LogP contribution in [-0.2, 0) is 4.79 Å². The molecule has 29 heavy (non-hydrogen) atoms. The molecule has 0 saturated heterocycles. The molecule has 0 N–H and O–H groups in total. The summed E-state index contributed by atoms with van der Waals surface area (Å²) in [6, 6.07) is 13.6. The number of ether oxygens (including phenoxy) is 1. The van der Waals surface area contributed by atoms with Gasteiger partial charge in [0.15, 0.2) is 17.3 Å². The summed E-state index contributed by atoms with van der Waals surface area (Å²) in [7, 11) is 0. The van der Waals surface area contributed by atoms with Crippen molar-refractivity contribution in [2.75, 3.05) is 0 Å². The SMILES string of the molecule is CC(=O)C1=C(C)Oc2ncn3nc(-c4ccncc4)nc3c2C1c1ccccc1. The number of pyridine rings is 1. The van der Waals surface area contributed by atoms with E-state index in [0.29, 0.717) is 28.7 Å². The summed E-state index contributed by atoms with van der Waals surface area (Å²) in [6.07, 6.45) is 4.98. The zero-order valence-electron chi connectivity index (χ0n) is 15.9. The Morgan fingerprint density at radius 1 is 1.10 bits per heavy atom. The van der Waals surface area contributed by atoms with Crippen molar-refractivity contribution in [3.63, 3.8) is 0 Å². The van der Waals surface area contributed by atoms with E-state index < -0.39 is 0 Å². The third kappa shape index (κ3) is 2.79. The zero-order chi connectivity index (χ0) is 20.0. The molecule has 1 aliphatic rings. The van der Waals surface area contributed by atoms with Crippen LogP contribution in [0.5, 0.6) is 5.88 Å². The maximum Gasteiger partial charge on any atom is 0.228 e. The third-order valence-corrected chi connectivity index (χ3v) is 5.04. The fraction of sp³-hybridized carbons (Fsp3) is 0.136. The van der Waals surface area contributed by atoms with Crippen LogP contribution >= 0.6 is 0 Å². The van der Waals surface area contributed by atoms with Crippen LogP contribution in [-0.4, -0.2) is 30.3 Å². The number of hydrogen-bond acceptors (Lipinski definition) is 6. The lowest BCUT2D eigenvalue weighted by atomic mass is 9.82. The minimum atomic E-state index is -0.330. The van der Waals surface area contributed by atoms with Crippen molar-refractivity contribution in [3.8, 4) is 17.3 Å². The van der Waals surface area contributed by atoms with Crippen LogP contribution < -0.4 is 4.74 Å². The lowest BCUT2D eigenvalue weighted by molar-refractivity contribution is -0.114. The molecule has 1 unspecified atom stereocenters. The van der Waals surface area contributed by atoms with Crippen LogP contribution in [0.1, 0.15) is 30.9 Å². The first-order valence-corrected chi connectivity index (χ1v) is 9.23. The highest BCUT2D eigenvalue weighted by Gasteiger charge is 2.35. The van der Waals surface area contributed by atoms with Crippen molar-refractivity contribution in [2.45, 2.75) is 19.8 Å². The number of rotatable bonds is 3. The summed E-state index contributed by atoms with van der Waals surface area (Å²) in [6.45, 7) is 3.36. The summed E-state index contributed by atoms with van der Waals surface area (Å²) in [4.78, 5) is 25.8. The average molecular weight is 383 g/mol. The first kappa shape index (κ1) is 17.2. The normalized spacial score (nSPS) is 15.9. The molecular formula is C22H17N5O2. The summed E-state index contributed by atoms with van der Waals surface area (Å²) >= 11 is 0. The van der Waals surface area contributed by atoms with E-state index >= 15 is 0 Å². The van der Waals surface area contributed by atoms with Gasteiger partial charge in [-0.05, 0) is 31.5 Å². The van der Waals surface area contributed by atoms with Gasteiger partial charge in [-0.15, -0.1) is 5.10 Å². The number of Topliss-reactive ketones (excluding diaryl/α,β-unsaturated/α-hetero) is 1. The molecule has 0 aliphatic carbocycles. The number of carbonyl (C=O) groups is 1. The molecule has 3 aromatic heterocycles. The molecule has 0 amide bonds. The molecule has 1 aliphatic heterocycles. The van der Waals surface area contributed by atoms with E-state index in [4.69, 9.17) is 9.72 Å². The van der Waals surface area contributed by atoms with Gasteiger partial charge in [0.25, 0.3) is 0 Å². The Morgan fingerprint density at radius 3 is 2.59 bits per heavy atom. The predicted octanol–water partition coefficient (Wildman–Crippen LogP) is 3.57. The Morgan fingerprint density at radius 2 is 1.86 bits per heavy atom. The summed E-state index contributed by atoms with van der Waals surface area (Å²) in [5.41, 5.74) is 3.78. The van der Waals surface area contributed by atoms with Gasteiger partial charge in [-0.2, -0.15) is 0 Å². The molecule has 142 valence electrons. The monoisotopic (exact) mass is 383 g/mol. The molecule has 1 aromatic carbocycles. The number of ketones is 1. The predicted molar refractivity (Wildman–Crippen MR) is 106 cm³/mol. The highest BCUT2D eigenvalue weighted by Crippen LogP contribution is 2.44. The first-order chi connectivity index (χ1) is 14.1. The van der Waals surface area contributed by atoms with Crippen LogP contribution in [0.3, 0.4) is 0 Å². The minimum Gasteiger partial charge on any atom is -0.443 e. The minimum absolute atomic E-state index is 0.0436. The summed E-state index contributed by atoms with van der Waals surface area (Å²) < 4.78 is 7.57. The van der Waals surface area contributed by atoms with Gasteiger partial charge in [-0.3, -0.25) is 9.78 Å². The van der Waals surface area contributed by atoms with Gasteiger partial charge in [-0.1, -0.05) is 30.3 Å². The largest absolute Gasteiger partial charge is 0.443 e. The number of aromatic nitrogens is 5. The van der Waals surface area contributed by atoms with Gasteiger partial charge >= 0.3 is 0 Å². The van der Waals surface area contributed by atoms with Crippen molar-refractivity contribution in [3.05, 3.63) is 83.6 Å². The van der Waals surface area contributed by atoms with E-state index in [-0.39, 0.29) is 11.7 Å². The van der Waals surface area contributed by atoms with Crippen LogP contribution in [0, 0.1) is 0 Å². The second-order valence-electron chi connectivity index (χ2n) is 6.87. The number of carbonyl (C=O) groups excluding carboxylic acids is 1. The van der Waals surface area contributed by atoms with Crippen LogP contribution in [0.15, 0.2) is 72.5 Å². The van der Waals surface area contributed by atoms with Gasteiger partial charge in [0.05, 0.1) is 5.56 Å². The molecule has 4 aromatic rings. The molecule has 5 rings (SSSR count). The van der Waals surface area contributed by atoms with E-state index in [1.54, 1.807) is 37.1 Å². The van der Waals surface area contributed by atoms with Crippen molar-refractivity contribution in [1.82, 2.24) is 24.6 Å². The Bertz CT molecular complexity index is 1260. The smallest absolute Gasteiger partial charge is 0.228 e. The molecule has 0 spiro atoms. The number of nitrogens with zero attached hydrogens (tertiary/aromatic N) is 5. The molecule has 0 fully saturated rings. The third-order valence-electron chi connectivity index (χ3n) is 5.04. The summed E-state index contributed by atoms with van der Waals surface area (Å²) in [5.74, 6) is 1.19. The van der Waals surface area contributed by atoms with Crippen molar-refractivity contribution in [1.29, 1.82) is 0 Å². The Hall–Kier alpha value is -3.87. The molecule has 7 heteroatoms. The van der Waals surface area contributed by atoms with Crippen molar-refractivity contribution in [2.24, 2.45) is 0 Å². The first-order valence-electron chi connectivity index (χ1n) is 9.23. The Balaban J connectivity index is 1.79. The Kier molecular flexibility index (Phi) is 3.94. The quantitative estimate of drug-likeness (QED) is 0.538. The maximum absolute atomic E-state index is 12.6. The molecular weight excluding hydrogens is 366 g/mol. The topological polar surface area (TPSA) is 82.3 Å². The second kappa shape index (κ2) is 6.63. The standard InChI is InChI=1S/C22H17N5O2/c1-13(28)17-14(2)29-22-19(18(17)15-6-4-3-5-7-15)21-25-20(26-27(21)12-24-22)16-8-10-23-11-9-16/h3-12,18H,1-2H3. The number of hydrogen-bond donors (Lipinski definition) is 0. The zero-order valence-corrected chi connectivity index (χ0v) is 15.9.